The third-order valence-corrected chi connectivity index (χ3v) is 5.42. The first-order valence-electron chi connectivity index (χ1n) is 8.22. The normalized spacial score (nSPS) is 11.1. The average molecular weight is 411 g/mol. The van der Waals surface area contributed by atoms with Gasteiger partial charge in [0.1, 0.15) is 12.3 Å². The van der Waals surface area contributed by atoms with Gasteiger partial charge in [-0.2, -0.15) is 0 Å². The van der Waals surface area contributed by atoms with E-state index in [4.69, 9.17) is 16.3 Å². The van der Waals surface area contributed by atoms with Crippen LogP contribution in [0.1, 0.15) is 11.1 Å². The smallest absolute Gasteiger partial charge is 0.243 e. The Kier molecular flexibility index (Phi) is 6.73. The minimum absolute atomic E-state index is 0.226. The lowest BCUT2D eigenvalue weighted by atomic mass is 10.1. The summed E-state index contributed by atoms with van der Waals surface area (Å²) < 4.78 is 30.9. The van der Waals surface area contributed by atoms with E-state index >= 15 is 0 Å². The van der Waals surface area contributed by atoms with Crippen molar-refractivity contribution < 1.29 is 17.9 Å². The number of hydrogen-bond donors (Lipinski definition) is 0. The first kappa shape index (κ1) is 21.1. The molecular formula is C19H23ClN2O4S. The zero-order valence-electron chi connectivity index (χ0n) is 15.8. The van der Waals surface area contributed by atoms with Crippen LogP contribution in [0.4, 0.5) is 5.69 Å². The van der Waals surface area contributed by atoms with E-state index in [-0.39, 0.29) is 18.1 Å². The number of carbonyl (C=O) groups is 1. The predicted molar refractivity (Wildman–Crippen MR) is 108 cm³/mol. The molecule has 2 rings (SSSR count). The second-order valence-electron chi connectivity index (χ2n) is 6.32. The molecule has 0 N–H and O–H groups in total. The molecule has 6 nitrogen and oxygen atoms in total. The number of nitrogens with zero attached hydrogens (tertiary/aromatic N) is 2. The lowest BCUT2D eigenvalue weighted by Crippen LogP contribution is -2.41. The van der Waals surface area contributed by atoms with Crippen LogP contribution in [0.2, 0.25) is 5.02 Å². The number of amides is 1. The van der Waals surface area contributed by atoms with E-state index in [1.165, 1.54) is 18.1 Å². The van der Waals surface area contributed by atoms with Crippen LogP contribution < -0.4 is 9.04 Å². The van der Waals surface area contributed by atoms with Gasteiger partial charge in [-0.3, -0.25) is 9.10 Å². The summed E-state index contributed by atoms with van der Waals surface area (Å²) >= 11 is 6.01. The van der Waals surface area contributed by atoms with Crippen LogP contribution >= 0.6 is 11.6 Å². The molecule has 0 unspecified atom stereocenters. The van der Waals surface area contributed by atoms with Crippen LogP contribution in [0.5, 0.6) is 5.75 Å². The van der Waals surface area contributed by atoms with E-state index < -0.39 is 10.0 Å². The topological polar surface area (TPSA) is 66.9 Å². The fourth-order valence-electron chi connectivity index (χ4n) is 2.54. The van der Waals surface area contributed by atoms with Crippen LogP contribution in [-0.2, 0) is 21.4 Å². The molecule has 0 saturated heterocycles. The summed E-state index contributed by atoms with van der Waals surface area (Å²) in [5.74, 6) is -0.0261. The highest BCUT2D eigenvalue weighted by molar-refractivity contribution is 7.92. The van der Waals surface area contributed by atoms with Gasteiger partial charge in [-0.05, 0) is 30.7 Å². The van der Waals surface area contributed by atoms with Crippen LogP contribution in [-0.4, -0.2) is 46.2 Å². The van der Waals surface area contributed by atoms with Crippen LogP contribution in [0.25, 0.3) is 0 Å². The van der Waals surface area contributed by atoms with Gasteiger partial charge >= 0.3 is 0 Å². The van der Waals surface area contributed by atoms with Crippen LogP contribution in [0.3, 0.4) is 0 Å². The fraction of sp³-hybridized carbons (Fsp3) is 0.316. The molecular weight excluding hydrogens is 388 g/mol. The van der Waals surface area contributed by atoms with Crippen LogP contribution in [0.15, 0.2) is 42.5 Å². The highest BCUT2D eigenvalue weighted by Gasteiger charge is 2.25. The van der Waals surface area contributed by atoms with Gasteiger partial charge in [-0.1, -0.05) is 41.4 Å². The second-order valence-corrected chi connectivity index (χ2v) is 8.66. The average Bonchev–Trinajstić information content (AvgIpc) is 2.60. The number of benzene rings is 2. The molecule has 2 aromatic rings. The first-order valence-corrected chi connectivity index (χ1v) is 10.4. The maximum absolute atomic E-state index is 12.7. The van der Waals surface area contributed by atoms with Crippen molar-refractivity contribution in [2.24, 2.45) is 0 Å². The predicted octanol–water partition coefficient (Wildman–Crippen LogP) is 3.08. The molecule has 0 atom stereocenters. The molecule has 0 spiro atoms. The number of sulfonamides is 1. The molecule has 0 aliphatic rings. The quantitative estimate of drug-likeness (QED) is 0.703. The number of anilines is 1. The highest BCUT2D eigenvalue weighted by atomic mass is 35.5. The Morgan fingerprint density at radius 2 is 1.78 bits per heavy atom. The summed E-state index contributed by atoms with van der Waals surface area (Å²) in [6.45, 7) is 2.02. The standard InChI is InChI=1S/C19H23ClN2O4S/c1-14-5-7-15(8-6-14)12-21(2)19(23)13-22(27(4,24)25)17-11-16(20)9-10-18(17)26-3/h5-11H,12-13H2,1-4H3. The highest BCUT2D eigenvalue weighted by Crippen LogP contribution is 2.32. The number of likely N-dealkylation sites (N-methyl/N-ethyl adjacent to an activating group) is 1. The van der Waals surface area contributed by atoms with Gasteiger partial charge in [0.25, 0.3) is 0 Å². The third-order valence-electron chi connectivity index (χ3n) is 4.05. The van der Waals surface area contributed by atoms with Crippen molar-refractivity contribution in [3.8, 4) is 5.75 Å². The second kappa shape index (κ2) is 8.63. The van der Waals surface area contributed by atoms with E-state index in [0.717, 1.165) is 21.7 Å². The number of aryl methyl sites for hydroxylation is 1. The summed E-state index contributed by atoms with van der Waals surface area (Å²) in [5, 5.41) is 0.347. The maximum Gasteiger partial charge on any atom is 0.243 e. The summed E-state index contributed by atoms with van der Waals surface area (Å²) in [7, 11) is -0.661. The minimum Gasteiger partial charge on any atom is -0.495 e. The molecule has 0 bridgehead atoms. The van der Waals surface area contributed by atoms with Crippen molar-refractivity contribution in [2.45, 2.75) is 13.5 Å². The summed E-state index contributed by atoms with van der Waals surface area (Å²) in [6, 6.07) is 12.4. The monoisotopic (exact) mass is 410 g/mol. The number of methoxy groups -OCH3 is 1. The fourth-order valence-corrected chi connectivity index (χ4v) is 3.55. The van der Waals surface area contributed by atoms with Gasteiger partial charge in [0.05, 0.1) is 19.1 Å². The molecule has 0 saturated carbocycles. The Balaban J connectivity index is 2.25. The van der Waals surface area contributed by atoms with Crippen molar-refractivity contribution >= 4 is 33.2 Å². The van der Waals surface area contributed by atoms with Crippen molar-refractivity contribution in [1.29, 1.82) is 0 Å². The van der Waals surface area contributed by atoms with E-state index in [2.05, 4.69) is 0 Å². The van der Waals surface area contributed by atoms with E-state index in [1.807, 2.05) is 31.2 Å². The zero-order valence-corrected chi connectivity index (χ0v) is 17.3. The number of hydrogen-bond acceptors (Lipinski definition) is 4. The molecule has 0 heterocycles. The number of halogens is 1. The van der Waals surface area contributed by atoms with E-state index in [0.29, 0.717) is 17.3 Å². The lowest BCUT2D eigenvalue weighted by Gasteiger charge is -2.26. The van der Waals surface area contributed by atoms with Gasteiger partial charge < -0.3 is 9.64 Å². The van der Waals surface area contributed by atoms with E-state index in [1.54, 1.807) is 19.2 Å². The van der Waals surface area contributed by atoms with Crippen molar-refractivity contribution in [3.63, 3.8) is 0 Å². The van der Waals surface area contributed by atoms with Gasteiger partial charge in [-0.25, -0.2) is 8.42 Å². The molecule has 0 aliphatic heterocycles. The SMILES string of the molecule is COc1ccc(Cl)cc1N(CC(=O)N(C)Cc1ccc(C)cc1)S(C)(=O)=O. The van der Waals surface area contributed by atoms with Crippen molar-refractivity contribution in [2.75, 3.05) is 31.3 Å². The molecule has 2 aromatic carbocycles. The van der Waals surface area contributed by atoms with Crippen LogP contribution in [0, 0.1) is 6.92 Å². The molecule has 27 heavy (non-hydrogen) atoms. The molecule has 0 fully saturated rings. The Morgan fingerprint density at radius 1 is 1.15 bits per heavy atom. The Labute approximate surface area is 165 Å². The first-order chi connectivity index (χ1) is 12.6. The molecule has 0 aliphatic carbocycles. The molecule has 0 aromatic heterocycles. The lowest BCUT2D eigenvalue weighted by molar-refractivity contribution is -0.128. The number of carbonyl (C=O) groups excluding carboxylic acids is 1. The maximum atomic E-state index is 12.7. The largest absolute Gasteiger partial charge is 0.495 e. The van der Waals surface area contributed by atoms with Gasteiger partial charge in [0.15, 0.2) is 0 Å². The van der Waals surface area contributed by atoms with Crippen molar-refractivity contribution in [3.05, 3.63) is 58.6 Å². The van der Waals surface area contributed by atoms with Gasteiger partial charge in [0, 0.05) is 18.6 Å². The Hall–Kier alpha value is -2.25. The Bertz CT molecular complexity index is 914. The summed E-state index contributed by atoms with van der Waals surface area (Å²) in [6.07, 6.45) is 1.04. The van der Waals surface area contributed by atoms with Crippen molar-refractivity contribution in [1.82, 2.24) is 4.90 Å². The summed E-state index contributed by atoms with van der Waals surface area (Å²) in [5.41, 5.74) is 2.32. The summed E-state index contributed by atoms with van der Waals surface area (Å²) in [4.78, 5) is 14.2. The number of rotatable bonds is 7. The number of ether oxygens (including phenoxy) is 1. The van der Waals surface area contributed by atoms with Gasteiger partial charge in [0.2, 0.25) is 15.9 Å². The minimum atomic E-state index is -3.73. The molecule has 8 heteroatoms. The molecule has 0 radical (unpaired) electrons. The third kappa shape index (κ3) is 5.61. The zero-order chi connectivity index (χ0) is 20.2. The van der Waals surface area contributed by atoms with E-state index in [9.17, 15) is 13.2 Å². The Morgan fingerprint density at radius 3 is 2.33 bits per heavy atom. The molecule has 146 valence electrons. The van der Waals surface area contributed by atoms with Gasteiger partial charge in [-0.15, -0.1) is 0 Å². The molecule has 1 amide bonds.